The van der Waals surface area contributed by atoms with E-state index in [1.54, 1.807) is 12.1 Å². The van der Waals surface area contributed by atoms with E-state index in [4.69, 9.17) is 5.73 Å². The number of hydrogen-bond acceptors (Lipinski definition) is 6. The van der Waals surface area contributed by atoms with Crippen molar-refractivity contribution in [1.82, 2.24) is 15.0 Å². The van der Waals surface area contributed by atoms with Crippen molar-refractivity contribution < 1.29 is 8.78 Å². The van der Waals surface area contributed by atoms with Gasteiger partial charge in [0.15, 0.2) is 17.5 Å². The molecule has 0 aliphatic rings. The molecule has 0 radical (unpaired) electrons. The van der Waals surface area contributed by atoms with E-state index in [9.17, 15) is 14.0 Å². The van der Waals surface area contributed by atoms with Crippen molar-refractivity contribution in [2.75, 3.05) is 11.1 Å². The van der Waals surface area contributed by atoms with Crippen LogP contribution in [0.1, 0.15) is 11.4 Å². The highest BCUT2D eigenvalue weighted by Gasteiger charge is 2.12. The van der Waals surface area contributed by atoms with E-state index < -0.39 is 11.6 Å². The Labute approximate surface area is 147 Å². The number of hydrogen-bond donors (Lipinski definition) is 2. The molecule has 0 spiro atoms. The van der Waals surface area contributed by atoms with E-state index in [1.165, 1.54) is 12.1 Å². The number of halogens is 2. The van der Waals surface area contributed by atoms with Gasteiger partial charge in [0.2, 0.25) is 11.9 Å². The fourth-order valence-electron chi connectivity index (χ4n) is 2.15. The van der Waals surface area contributed by atoms with Crippen LogP contribution >= 0.6 is 0 Å². The Hall–Kier alpha value is -3.86. The molecule has 1 heterocycles. The van der Waals surface area contributed by atoms with Gasteiger partial charge < -0.3 is 11.1 Å². The molecule has 128 valence electrons. The van der Waals surface area contributed by atoms with Crippen molar-refractivity contribution in [3.05, 3.63) is 71.6 Å². The van der Waals surface area contributed by atoms with Crippen LogP contribution in [0.4, 0.5) is 26.4 Å². The molecule has 0 unspecified atom stereocenters. The SMILES string of the molecule is N#C/C(=C/c1cccc(F)c1F)c1nc(N)nc(Nc2ccccc2)n1. The maximum atomic E-state index is 13.8. The lowest BCUT2D eigenvalue weighted by Gasteiger charge is -2.07. The molecule has 0 amide bonds. The molecule has 0 bridgehead atoms. The molecule has 3 N–H and O–H groups in total. The quantitative estimate of drug-likeness (QED) is 0.698. The Morgan fingerprint density at radius 3 is 2.54 bits per heavy atom. The Bertz CT molecular complexity index is 1010. The number of para-hydroxylation sites is 1. The van der Waals surface area contributed by atoms with Gasteiger partial charge in [0.1, 0.15) is 6.07 Å². The number of nitrogen functional groups attached to an aromatic ring is 1. The minimum atomic E-state index is -1.06. The predicted molar refractivity (Wildman–Crippen MR) is 93.8 cm³/mol. The van der Waals surface area contributed by atoms with E-state index in [0.29, 0.717) is 5.69 Å². The minimum Gasteiger partial charge on any atom is -0.368 e. The second kappa shape index (κ2) is 7.36. The van der Waals surface area contributed by atoms with Gasteiger partial charge in [0, 0.05) is 11.3 Å². The van der Waals surface area contributed by atoms with Crippen molar-refractivity contribution in [2.45, 2.75) is 0 Å². The smallest absolute Gasteiger partial charge is 0.232 e. The van der Waals surface area contributed by atoms with Gasteiger partial charge in [-0.1, -0.05) is 30.3 Å². The molecule has 6 nitrogen and oxygen atoms in total. The van der Waals surface area contributed by atoms with Crippen molar-refractivity contribution >= 4 is 29.2 Å². The molecule has 0 aliphatic heterocycles. The van der Waals surface area contributed by atoms with Gasteiger partial charge in [-0.05, 0) is 24.3 Å². The zero-order chi connectivity index (χ0) is 18.5. The molecular weight excluding hydrogens is 338 g/mol. The van der Waals surface area contributed by atoms with E-state index >= 15 is 0 Å². The third kappa shape index (κ3) is 3.79. The summed E-state index contributed by atoms with van der Waals surface area (Å²) in [5, 5.41) is 12.3. The van der Waals surface area contributed by atoms with Crippen LogP contribution in [0.25, 0.3) is 11.6 Å². The molecule has 0 fully saturated rings. The third-order valence-corrected chi connectivity index (χ3v) is 3.33. The summed E-state index contributed by atoms with van der Waals surface area (Å²) in [6.45, 7) is 0. The number of nitriles is 1. The summed E-state index contributed by atoms with van der Waals surface area (Å²) in [7, 11) is 0. The number of nitrogens with zero attached hydrogens (tertiary/aromatic N) is 4. The van der Waals surface area contributed by atoms with Crippen LogP contribution in [0.2, 0.25) is 0 Å². The fraction of sp³-hybridized carbons (Fsp3) is 0. The molecule has 26 heavy (non-hydrogen) atoms. The Morgan fingerprint density at radius 2 is 1.81 bits per heavy atom. The zero-order valence-electron chi connectivity index (χ0n) is 13.3. The Balaban J connectivity index is 2.00. The van der Waals surface area contributed by atoms with Gasteiger partial charge in [-0.3, -0.25) is 0 Å². The van der Waals surface area contributed by atoms with Crippen LogP contribution in [-0.4, -0.2) is 15.0 Å². The summed E-state index contributed by atoms with van der Waals surface area (Å²) in [5.41, 5.74) is 6.21. The van der Waals surface area contributed by atoms with Crippen molar-refractivity contribution in [3.63, 3.8) is 0 Å². The van der Waals surface area contributed by atoms with Crippen molar-refractivity contribution in [3.8, 4) is 6.07 Å². The van der Waals surface area contributed by atoms with Gasteiger partial charge in [-0.15, -0.1) is 0 Å². The van der Waals surface area contributed by atoms with Gasteiger partial charge in [-0.2, -0.15) is 20.2 Å². The van der Waals surface area contributed by atoms with Crippen molar-refractivity contribution in [1.29, 1.82) is 5.26 Å². The number of nitrogens with one attached hydrogen (secondary N) is 1. The molecular formula is C18H12F2N6. The lowest BCUT2D eigenvalue weighted by Crippen LogP contribution is -2.06. The number of nitrogens with two attached hydrogens (primary N) is 1. The summed E-state index contributed by atoms with van der Waals surface area (Å²) in [4.78, 5) is 12.0. The number of anilines is 3. The summed E-state index contributed by atoms with van der Waals surface area (Å²) in [6.07, 6.45) is 1.15. The summed E-state index contributed by atoms with van der Waals surface area (Å²) in [6, 6.07) is 14.6. The number of benzene rings is 2. The fourth-order valence-corrected chi connectivity index (χ4v) is 2.15. The normalized spacial score (nSPS) is 11.0. The van der Waals surface area contributed by atoms with Gasteiger partial charge >= 0.3 is 0 Å². The lowest BCUT2D eigenvalue weighted by atomic mass is 10.1. The predicted octanol–water partition coefficient (Wildman–Crippen LogP) is 3.54. The molecule has 0 saturated carbocycles. The monoisotopic (exact) mass is 350 g/mol. The maximum absolute atomic E-state index is 13.8. The standard InChI is InChI=1S/C18H12F2N6/c19-14-8-4-5-11(15(14)20)9-12(10-21)16-24-17(22)26-18(25-16)23-13-6-2-1-3-7-13/h1-9H,(H3,22,23,24,25,26)/b12-9-. The molecule has 0 saturated heterocycles. The lowest BCUT2D eigenvalue weighted by molar-refractivity contribution is 0.507. The first-order valence-electron chi connectivity index (χ1n) is 7.46. The second-order valence-electron chi connectivity index (χ2n) is 5.14. The molecule has 3 rings (SSSR count). The maximum Gasteiger partial charge on any atom is 0.232 e. The van der Waals surface area contributed by atoms with E-state index in [1.807, 2.05) is 24.3 Å². The molecule has 0 aliphatic carbocycles. The number of allylic oxidation sites excluding steroid dienone is 1. The summed E-state index contributed by atoms with van der Waals surface area (Å²) < 4.78 is 27.2. The average molecular weight is 350 g/mol. The number of rotatable bonds is 4. The van der Waals surface area contributed by atoms with E-state index in [2.05, 4.69) is 20.3 Å². The highest BCUT2D eigenvalue weighted by molar-refractivity contribution is 5.87. The molecule has 2 aromatic carbocycles. The highest BCUT2D eigenvalue weighted by Crippen LogP contribution is 2.20. The Kier molecular flexibility index (Phi) is 4.80. The summed E-state index contributed by atoms with van der Waals surface area (Å²) >= 11 is 0. The van der Waals surface area contributed by atoms with Gasteiger partial charge in [0.05, 0.1) is 5.57 Å². The molecule has 8 heteroatoms. The van der Waals surface area contributed by atoms with Crippen LogP contribution in [0.15, 0.2) is 48.5 Å². The van der Waals surface area contributed by atoms with Crippen LogP contribution in [0, 0.1) is 23.0 Å². The average Bonchev–Trinajstić information content (AvgIpc) is 2.63. The molecule has 3 aromatic rings. The van der Waals surface area contributed by atoms with Gasteiger partial charge in [0.25, 0.3) is 0 Å². The molecule has 0 atom stereocenters. The van der Waals surface area contributed by atoms with Crippen LogP contribution in [0.5, 0.6) is 0 Å². The van der Waals surface area contributed by atoms with E-state index in [0.717, 1.165) is 12.1 Å². The Morgan fingerprint density at radius 1 is 1.04 bits per heavy atom. The molecule has 1 aromatic heterocycles. The third-order valence-electron chi connectivity index (χ3n) is 3.33. The van der Waals surface area contributed by atoms with E-state index in [-0.39, 0.29) is 28.9 Å². The first kappa shape index (κ1) is 17.0. The van der Waals surface area contributed by atoms with Crippen molar-refractivity contribution in [2.24, 2.45) is 0 Å². The zero-order valence-corrected chi connectivity index (χ0v) is 13.3. The van der Waals surface area contributed by atoms with Gasteiger partial charge in [-0.25, -0.2) is 8.78 Å². The first-order valence-corrected chi connectivity index (χ1v) is 7.46. The number of aromatic nitrogens is 3. The topological polar surface area (TPSA) is 101 Å². The highest BCUT2D eigenvalue weighted by atomic mass is 19.2. The minimum absolute atomic E-state index is 0.0536. The largest absolute Gasteiger partial charge is 0.368 e. The second-order valence-corrected chi connectivity index (χ2v) is 5.14. The van der Waals surface area contributed by atoms with Crippen LogP contribution < -0.4 is 11.1 Å². The first-order chi connectivity index (χ1) is 12.6. The van der Waals surface area contributed by atoms with Crippen LogP contribution in [-0.2, 0) is 0 Å². The van der Waals surface area contributed by atoms with Crippen LogP contribution in [0.3, 0.4) is 0 Å². The summed E-state index contributed by atoms with van der Waals surface area (Å²) in [5.74, 6) is -2.13.